The number of rotatable bonds is 3. The molecule has 1 fully saturated rings. The van der Waals surface area contributed by atoms with Crippen LogP contribution in [0.1, 0.15) is 43.1 Å². The molecule has 178 valence electrons. The Balaban J connectivity index is 0.00000241. The van der Waals surface area contributed by atoms with Crippen LogP contribution in [0.4, 0.5) is 10.9 Å². The van der Waals surface area contributed by atoms with Gasteiger partial charge in [-0.25, -0.2) is 14.5 Å². The molecule has 0 unspecified atom stereocenters. The van der Waals surface area contributed by atoms with Crippen molar-refractivity contribution in [3.63, 3.8) is 0 Å². The second kappa shape index (κ2) is 8.71. The first-order chi connectivity index (χ1) is 15.9. The zero-order valence-electron chi connectivity index (χ0n) is 18.2. The van der Waals surface area contributed by atoms with E-state index < -0.39 is 0 Å². The molecular weight excluding hydrogens is 486 g/mol. The number of benzene rings is 1. The highest BCUT2D eigenvalue weighted by molar-refractivity contribution is 7.99. The van der Waals surface area contributed by atoms with Crippen molar-refractivity contribution in [3.8, 4) is 0 Å². The van der Waals surface area contributed by atoms with Gasteiger partial charge >= 0.3 is 0 Å². The van der Waals surface area contributed by atoms with E-state index in [0.717, 1.165) is 58.1 Å². The number of nitrogens with two attached hydrogens (primary N) is 2. The first kappa shape index (κ1) is 23.4. The second-order valence-corrected chi connectivity index (χ2v) is 11.2. The van der Waals surface area contributed by atoms with Crippen molar-refractivity contribution in [1.29, 1.82) is 0 Å². The molecule has 1 aliphatic heterocycles. The number of halogens is 1. The summed E-state index contributed by atoms with van der Waals surface area (Å²) in [6.07, 6.45) is 4.90. The van der Waals surface area contributed by atoms with E-state index in [-0.39, 0.29) is 18.9 Å². The van der Waals surface area contributed by atoms with Gasteiger partial charge in [-0.3, -0.25) is 0 Å². The molecule has 1 spiro atoms. The molecule has 0 radical (unpaired) electrons. The maximum Gasteiger partial charge on any atom is 0.215 e. The van der Waals surface area contributed by atoms with Crippen LogP contribution in [0, 0.1) is 12.3 Å². The summed E-state index contributed by atoms with van der Waals surface area (Å²) < 4.78 is 1.93. The van der Waals surface area contributed by atoms with Gasteiger partial charge in [0.15, 0.2) is 0 Å². The Morgan fingerprint density at radius 1 is 1.21 bits per heavy atom. The van der Waals surface area contributed by atoms with Crippen LogP contribution in [0.2, 0.25) is 5.02 Å². The Morgan fingerprint density at radius 3 is 2.71 bits per heavy atom. The molecule has 7 nitrogen and oxygen atoms in total. The summed E-state index contributed by atoms with van der Waals surface area (Å²) >= 11 is 9.43. The summed E-state index contributed by atoms with van der Waals surface area (Å²) in [5.41, 5.74) is 16.5. The molecule has 4 heterocycles. The highest BCUT2D eigenvalue weighted by atomic mass is 35.5. The lowest BCUT2D eigenvalue weighted by Gasteiger charge is -2.42. The van der Waals surface area contributed by atoms with Gasteiger partial charge in [-0.15, -0.1) is 5.10 Å². The molecule has 2 aliphatic rings. The van der Waals surface area contributed by atoms with E-state index in [9.17, 15) is 0 Å². The molecule has 0 bridgehead atoms. The lowest BCUT2D eigenvalue weighted by Crippen LogP contribution is -2.44. The van der Waals surface area contributed by atoms with E-state index in [2.05, 4.69) is 34.1 Å². The Labute approximate surface area is 212 Å². The summed E-state index contributed by atoms with van der Waals surface area (Å²) in [6, 6.07) is 10.6. The van der Waals surface area contributed by atoms with Crippen molar-refractivity contribution < 1.29 is 0 Å². The quantitative estimate of drug-likeness (QED) is 0.380. The Hall–Kier alpha value is -2.33. The number of fused-ring (bicyclic) bond motifs is 2. The van der Waals surface area contributed by atoms with E-state index in [1.54, 1.807) is 17.5 Å². The lowest BCUT2D eigenvalue weighted by atomic mass is 9.73. The predicted molar refractivity (Wildman–Crippen MR) is 141 cm³/mol. The van der Waals surface area contributed by atoms with Gasteiger partial charge in [-0.05, 0) is 48.8 Å². The maximum absolute atomic E-state index is 6.74. The predicted octanol–water partition coefficient (Wildman–Crippen LogP) is 5.36. The fourth-order valence-corrected chi connectivity index (χ4v) is 7.30. The molecule has 10 heteroatoms. The number of nitrogens with zero attached hydrogens (tertiary/aromatic N) is 5. The topological polar surface area (TPSA) is 98.4 Å². The van der Waals surface area contributed by atoms with Gasteiger partial charge in [0, 0.05) is 30.2 Å². The number of imidazole rings is 1. The minimum absolute atomic E-state index is 0. The smallest absolute Gasteiger partial charge is 0.215 e. The number of nitrogen functional groups attached to an aromatic ring is 1. The molecule has 3 aromatic heterocycles. The Morgan fingerprint density at radius 2 is 1.97 bits per heavy atom. The van der Waals surface area contributed by atoms with Gasteiger partial charge in [0.25, 0.3) is 0 Å². The number of piperidine rings is 1. The summed E-state index contributed by atoms with van der Waals surface area (Å²) in [5, 5.41) is 7.25. The minimum atomic E-state index is 0. The number of aromatic nitrogens is 4. The van der Waals surface area contributed by atoms with Gasteiger partial charge in [0.2, 0.25) is 10.1 Å². The number of anilines is 2. The highest BCUT2D eigenvalue weighted by Gasteiger charge is 2.46. The zero-order chi connectivity index (χ0) is 22.7. The van der Waals surface area contributed by atoms with Crippen LogP contribution in [0.3, 0.4) is 0 Å². The van der Waals surface area contributed by atoms with Crippen LogP contribution in [-0.4, -0.2) is 32.7 Å². The van der Waals surface area contributed by atoms with Crippen LogP contribution in [0.15, 0.2) is 46.5 Å². The SMILES string of the molecule is C.Cc1c(Sc2ccnc(N)c2Cl)nc2sc(N3CCC4(CC3)Cc3ccccc3[C@H]4N)nn12. The van der Waals surface area contributed by atoms with E-state index in [4.69, 9.17) is 33.2 Å². The van der Waals surface area contributed by atoms with Crippen LogP contribution in [0.25, 0.3) is 4.96 Å². The molecule has 1 saturated heterocycles. The molecule has 0 saturated carbocycles. The van der Waals surface area contributed by atoms with Crippen molar-refractivity contribution in [2.75, 3.05) is 23.7 Å². The molecule has 1 atom stereocenters. The molecule has 1 aromatic carbocycles. The number of pyridine rings is 1. The summed E-state index contributed by atoms with van der Waals surface area (Å²) in [6.45, 7) is 3.96. The molecule has 0 amide bonds. The fraction of sp³-hybridized carbons (Fsp3) is 0.375. The molecule has 1 aliphatic carbocycles. The third-order valence-corrected chi connectivity index (χ3v) is 9.70. The van der Waals surface area contributed by atoms with Gasteiger partial charge in [0.05, 0.1) is 10.7 Å². The van der Waals surface area contributed by atoms with Gasteiger partial charge < -0.3 is 16.4 Å². The van der Waals surface area contributed by atoms with Crippen LogP contribution < -0.4 is 16.4 Å². The third-order valence-electron chi connectivity index (χ3n) is 7.08. The zero-order valence-corrected chi connectivity index (χ0v) is 20.6. The molecule has 6 rings (SSSR count). The minimum Gasteiger partial charge on any atom is -0.382 e. The van der Waals surface area contributed by atoms with Gasteiger partial charge in [-0.2, -0.15) is 0 Å². The molecule has 4 aromatic rings. The summed E-state index contributed by atoms with van der Waals surface area (Å²) in [4.78, 5) is 13.0. The molecular formula is C24H28ClN7S2. The molecule has 34 heavy (non-hydrogen) atoms. The average molecular weight is 514 g/mol. The van der Waals surface area contributed by atoms with E-state index in [0.29, 0.717) is 10.8 Å². The first-order valence-corrected chi connectivity index (χ1v) is 13.0. The van der Waals surface area contributed by atoms with E-state index in [1.807, 2.05) is 17.5 Å². The van der Waals surface area contributed by atoms with E-state index in [1.165, 1.54) is 22.9 Å². The average Bonchev–Trinajstić information content (AvgIpc) is 3.44. The molecule has 4 N–H and O–H groups in total. The second-order valence-electron chi connectivity index (χ2n) is 8.89. The maximum atomic E-state index is 6.74. The van der Waals surface area contributed by atoms with Gasteiger partial charge in [-0.1, -0.05) is 66.4 Å². The number of hydrogen-bond donors (Lipinski definition) is 2. The van der Waals surface area contributed by atoms with Crippen molar-refractivity contribution >= 4 is 50.6 Å². The number of aryl methyl sites for hydroxylation is 1. The van der Waals surface area contributed by atoms with Crippen molar-refractivity contribution in [2.45, 2.75) is 49.6 Å². The van der Waals surface area contributed by atoms with E-state index >= 15 is 0 Å². The van der Waals surface area contributed by atoms with Crippen LogP contribution in [-0.2, 0) is 6.42 Å². The van der Waals surface area contributed by atoms with Crippen LogP contribution >= 0.6 is 34.7 Å². The Bertz CT molecular complexity index is 1360. The van der Waals surface area contributed by atoms with Crippen molar-refractivity contribution in [2.24, 2.45) is 11.1 Å². The normalized spacial score (nSPS) is 18.9. The lowest BCUT2D eigenvalue weighted by molar-refractivity contribution is 0.187. The first-order valence-electron chi connectivity index (χ1n) is 11.0. The van der Waals surface area contributed by atoms with Crippen LogP contribution in [0.5, 0.6) is 0 Å². The number of hydrogen-bond acceptors (Lipinski definition) is 8. The van der Waals surface area contributed by atoms with Gasteiger partial charge in [0.1, 0.15) is 10.8 Å². The third kappa shape index (κ3) is 3.66. The van der Waals surface area contributed by atoms with Crippen molar-refractivity contribution in [3.05, 3.63) is 58.4 Å². The summed E-state index contributed by atoms with van der Waals surface area (Å²) in [7, 11) is 0. The summed E-state index contributed by atoms with van der Waals surface area (Å²) in [5.74, 6) is 0.327. The largest absolute Gasteiger partial charge is 0.382 e. The highest BCUT2D eigenvalue weighted by Crippen LogP contribution is 2.51. The Kier molecular flexibility index (Phi) is 6.00. The standard InChI is InChI=1S/C23H24ClN7S2.CH4/c1-13-20(32-16-6-9-27-19(26)17(16)24)28-21-31(13)29-22(33-21)30-10-7-23(8-11-30)12-14-4-2-3-5-15(14)18(23)25;/h2-6,9,18H,7-8,10-12,25H2,1H3,(H2,26,27);1H4/t18-;/m1./s1. The van der Waals surface area contributed by atoms with Crippen molar-refractivity contribution in [1.82, 2.24) is 19.6 Å². The monoisotopic (exact) mass is 513 g/mol. The fourth-order valence-electron chi connectivity index (χ4n) is 5.12.